The van der Waals surface area contributed by atoms with Crippen molar-refractivity contribution < 1.29 is 14.3 Å². The van der Waals surface area contributed by atoms with Crippen LogP contribution < -0.4 is 5.32 Å². The molecule has 0 aromatic heterocycles. The summed E-state index contributed by atoms with van der Waals surface area (Å²) in [5.74, 6) is 1.17. The molecule has 0 aliphatic carbocycles. The van der Waals surface area contributed by atoms with Gasteiger partial charge in [-0.25, -0.2) is 4.79 Å². The molecule has 0 fully saturated rings. The van der Waals surface area contributed by atoms with E-state index in [-0.39, 0.29) is 18.5 Å². The fourth-order valence-corrected chi connectivity index (χ4v) is 5.10. The topological polar surface area (TPSA) is 67.8 Å². The quantitative estimate of drug-likeness (QED) is 0.461. The van der Waals surface area contributed by atoms with E-state index in [1.807, 2.05) is 48.5 Å². The summed E-state index contributed by atoms with van der Waals surface area (Å²) < 4.78 is 6.61. The molecule has 0 saturated carbocycles. The van der Waals surface area contributed by atoms with Crippen LogP contribution in [-0.4, -0.2) is 28.5 Å². The van der Waals surface area contributed by atoms with Gasteiger partial charge in [0, 0.05) is 22.8 Å². The number of aliphatic imine (C=N–C) groups is 1. The number of ether oxygens (including phenoxy) is 1. The van der Waals surface area contributed by atoms with Gasteiger partial charge in [-0.2, -0.15) is 0 Å². The van der Waals surface area contributed by atoms with E-state index < -0.39 is 0 Å². The Morgan fingerprint density at radius 2 is 1.72 bits per heavy atom. The summed E-state index contributed by atoms with van der Waals surface area (Å²) in [6, 6.07) is 23.9. The first-order valence-corrected chi connectivity index (χ1v) is 12.2. The number of benzene rings is 3. The van der Waals surface area contributed by atoms with Crippen LogP contribution in [0.15, 0.2) is 83.9 Å². The normalized spacial score (nSPS) is 12.8. The molecule has 162 valence electrons. The molecule has 0 bridgehead atoms. The van der Waals surface area contributed by atoms with Gasteiger partial charge >= 0.3 is 5.97 Å². The Labute approximate surface area is 195 Å². The zero-order chi connectivity index (χ0) is 22.2. The van der Waals surface area contributed by atoms with Gasteiger partial charge in [-0.05, 0) is 41.5 Å². The molecule has 7 heteroatoms. The van der Waals surface area contributed by atoms with Gasteiger partial charge in [0.25, 0.3) is 5.91 Å². The lowest BCUT2D eigenvalue weighted by Gasteiger charge is -2.10. The van der Waals surface area contributed by atoms with E-state index in [1.165, 1.54) is 0 Å². The number of carbonyl (C=O) groups excluding carboxylic acids is 2. The van der Waals surface area contributed by atoms with Crippen LogP contribution in [0.3, 0.4) is 0 Å². The maximum absolute atomic E-state index is 12.7. The molecule has 1 aliphatic heterocycles. The first-order valence-electron chi connectivity index (χ1n) is 10.2. The van der Waals surface area contributed by atoms with Gasteiger partial charge in [-0.1, -0.05) is 72.1 Å². The predicted molar refractivity (Wildman–Crippen MR) is 132 cm³/mol. The number of esters is 1. The Hall–Kier alpha value is -3.03. The number of carbonyl (C=O) groups is 2. The van der Waals surface area contributed by atoms with Crippen molar-refractivity contribution >= 4 is 45.5 Å². The van der Waals surface area contributed by atoms with Crippen molar-refractivity contribution in [2.75, 3.05) is 17.6 Å². The van der Waals surface area contributed by atoms with Gasteiger partial charge in [0.05, 0.1) is 12.1 Å². The van der Waals surface area contributed by atoms with Gasteiger partial charge in [-0.15, -0.1) is 0 Å². The van der Waals surface area contributed by atoms with Crippen LogP contribution in [0, 0.1) is 0 Å². The molecule has 0 spiro atoms. The van der Waals surface area contributed by atoms with E-state index in [0.717, 1.165) is 33.5 Å². The summed E-state index contributed by atoms with van der Waals surface area (Å²) in [5, 5.41) is 2.85. The minimum atomic E-state index is -0.354. The third-order valence-electron chi connectivity index (χ3n) is 4.76. The van der Waals surface area contributed by atoms with Crippen molar-refractivity contribution in [3.63, 3.8) is 0 Å². The van der Waals surface area contributed by atoms with Crippen LogP contribution in [0.25, 0.3) is 0 Å². The Morgan fingerprint density at radius 1 is 0.969 bits per heavy atom. The fourth-order valence-electron chi connectivity index (χ4n) is 3.09. The molecule has 3 aromatic carbocycles. The summed E-state index contributed by atoms with van der Waals surface area (Å²) in [6.45, 7) is 1.01. The maximum Gasteiger partial charge on any atom is 0.338 e. The van der Waals surface area contributed by atoms with Gasteiger partial charge in [0.15, 0.2) is 0 Å². The summed E-state index contributed by atoms with van der Waals surface area (Å²) in [6.07, 6.45) is 0. The summed E-state index contributed by atoms with van der Waals surface area (Å²) in [7, 11) is 0. The molecular weight excluding hydrogens is 440 g/mol. The lowest BCUT2D eigenvalue weighted by atomic mass is 10.1. The van der Waals surface area contributed by atoms with Crippen molar-refractivity contribution in [3.8, 4) is 0 Å². The molecule has 1 aliphatic rings. The molecule has 32 heavy (non-hydrogen) atoms. The van der Waals surface area contributed by atoms with E-state index in [1.54, 1.807) is 53.9 Å². The number of thioether (sulfide) groups is 2. The molecule has 1 heterocycles. The Morgan fingerprint density at radius 3 is 2.47 bits per heavy atom. The van der Waals surface area contributed by atoms with Crippen molar-refractivity contribution in [2.45, 2.75) is 12.4 Å². The monoisotopic (exact) mass is 462 g/mol. The second kappa shape index (κ2) is 11.0. The van der Waals surface area contributed by atoms with Crippen molar-refractivity contribution in [3.05, 3.63) is 101 Å². The Kier molecular flexibility index (Phi) is 7.64. The van der Waals surface area contributed by atoms with E-state index in [0.29, 0.717) is 16.9 Å². The highest BCUT2D eigenvalue weighted by molar-refractivity contribution is 8.38. The largest absolute Gasteiger partial charge is 0.457 e. The second-order valence-electron chi connectivity index (χ2n) is 7.04. The third kappa shape index (κ3) is 6.02. The van der Waals surface area contributed by atoms with E-state index >= 15 is 0 Å². The van der Waals surface area contributed by atoms with Crippen LogP contribution in [0.1, 0.15) is 31.8 Å². The average Bonchev–Trinajstić information content (AvgIpc) is 3.36. The first-order chi connectivity index (χ1) is 15.7. The smallest absolute Gasteiger partial charge is 0.338 e. The SMILES string of the molecule is O=C(Nc1ccccc1)c1ccc(COC(=O)c2ccccc2CSC2=NCCS2)cc1. The summed E-state index contributed by atoms with van der Waals surface area (Å²) in [5.41, 5.74) is 3.61. The lowest BCUT2D eigenvalue weighted by molar-refractivity contribution is 0.0471. The number of nitrogens with zero attached hydrogens (tertiary/aromatic N) is 1. The first kappa shape index (κ1) is 22.2. The minimum absolute atomic E-state index is 0.142. The number of hydrogen-bond donors (Lipinski definition) is 1. The maximum atomic E-state index is 12.7. The Bertz CT molecular complexity index is 1120. The average molecular weight is 463 g/mol. The minimum Gasteiger partial charge on any atom is -0.457 e. The van der Waals surface area contributed by atoms with Crippen LogP contribution in [0.4, 0.5) is 5.69 Å². The molecular formula is C25H22N2O3S2. The molecule has 4 rings (SSSR count). The third-order valence-corrected chi connectivity index (χ3v) is 7.07. The van der Waals surface area contributed by atoms with Crippen molar-refractivity contribution in [2.24, 2.45) is 4.99 Å². The van der Waals surface area contributed by atoms with Crippen LogP contribution >= 0.6 is 23.5 Å². The molecule has 0 radical (unpaired) electrons. The number of hydrogen-bond acceptors (Lipinski definition) is 6. The van der Waals surface area contributed by atoms with E-state index in [2.05, 4.69) is 10.3 Å². The number of para-hydroxylation sites is 1. The van der Waals surface area contributed by atoms with E-state index in [4.69, 9.17) is 4.74 Å². The van der Waals surface area contributed by atoms with Crippen LogP contribution in [0.2, 0.25) is 0 Å². The molecule has 0 saturated heterocycles. The zero-order valence-electron chi connectivity index (χ0n) is 17.3. The molecule has 1 amide bonds. The van der Waals surface area contributed by atoms with Crippen LogP contribution in [-0.2, 0) is 17.1 Å². The molecule has 0 atom stereocenters. The van der Waals surface area contributed by atoms with Gasteiger partial charge in [-0.3, -0.25) is 9.79 Å². The highest BCUT2D eigenvalue weighted by atomic mass is 32.2. The number of amides is 1. The lowest BCUT2D eigenvalue weighted by Crippen LogP contribution is -2.12. The highest BCUT2D eigenvalue weighted by Crippen LogP contribution is 2.26. The number of nitrogens with one attached hydrogen (secondary N) is 1. The molecule has 1 N–H and O–H groups in total. The fraction of sp³-hybridized carbons (Fsp3) is 0.160. The summed E-state index contributed by atoms with van der Waals surface area (Å²) in [4.78, 5) is 29.5. The van der Waals surface area contributed by atoms with Crippen molar-refractivity contribution in [1.82, 2.24) is 0 Å². The summed E-state index contributed by atoms with van der Waals surface area (Å²) >= 11 is 3.41. The van der Waals surface area contributed by atoms with Gasteiger partial charge < -0.3 is 10.1 Å². The van der Waals surface area contributed by atoms with Crippen LogP contribution in [0.5, 0.6) is 0 Å². The number of rotatable bonds is 7. The van der Waals surface area contributed by atoms with Gasteiger partial charge in [0.1, 0.15) is 11.0 Å². The second-order valence-corrected chi connectivity index (χ2v) is 9.34. The van der Waals surface area contributed by atoms with Crippen molar-refractivity contribution in [1.29, 1.82) is 0 Å². The Balaban J connectivity index is 1.32. The molecule has 0 unspecified atom stereocenters. The zero-order valence-corrected chi connectivity index (χ0v) is 19.0. The predicted octanol–water partition coefficient (Wildman–Crippen LogP) is 5.63. The highest BCUT2D eigenvalue weighted by Gasteiger charge is 2.15. The molecule has 3 aromatic rings. The number of anilines is 1. The standard InChI is InChI=1S/C25H22N2O3S2/c28-23(27-21-7-2-1-3-8-21)19-12-10-18(11-13-19)16-30-24(29)22-9-5-4-6-20(22)17-32-25-26-14-15-31-25/h1-13H,14-17H2,(H,27,28). The van der Waals surface area contributed by atoms with E-state index in [9.17, 15) is 9.59 Å². The molecule has 5 nitrogen and oxygen atoms in total. The van der Waals surface area contributed by atoms with Gasteiger partial charge in [0.2, 0.25) is 0 Å².